The van der Waals surface area contributed by atoms with Crippen LogP contribution in [0.15, 0.2) is 28.7 Å². The fourth-order valence-electron chi connectivity index (χ4n) is 1.44. The van der Waals surface area contributed by atoms with E-state index in [1.54, 1.807) is 0 Å². The van der Waals surface area contributed by atoms with Gasteiger partial charge in [0, 0.05) is 14.9 Å². The number of nitrogen functional groups attached to an aromatic ring is 1. The summed E-state index contributed by atoms with van der Waals surface area (Å²) in [4.78, 5) is 13.7. The van der Waals surface area contributed by atoms with E-state index in [9.17, 15) is 9.18 Å². The summed E-state index contributed by atoms with van der Waals surface area (Å²) >= 11 is 4.70. The molecule has 88 valence electrons. The van der Waals surface area contributed by atoms with E-state index in [1.165, 1.54) is 29.5 Å². The van der Waals surface area contributed by atoms with Crippen molar-refractivity contribution in [3.63, 3.8) is 0 Å². The Bertz CT molecular complexity index is 594. The minimum absolute atomic E-state index is 0.0444. The third kappa shape index (κ3) is 2.40. The lowest BCUT2D eigenvalue weighted by Gasteiger charge is -2.01. The minimum atomic E-state index is -0.569. The quantitative estimate of drug-likeness (QED) is 0.677. The molecule has 17 heavy (non-hydrogen) atoms. The number of nitrogens with two attached hydrogens (primary N) is 1. The number of benzene rings is 1. The minimum Gasteiger partial charge on any atom is -0.396 e. The van der Waals surface area contributed by atoms with Gasteiger partial charge in [-0.05, 0) is 47.1 Å². The molecule has 2 N–H and O–H groups in total. The van der Waals surface area contributed by atoms with Crippen LogP contribution >= 0.6 is 27.3 Å². The Morgan fingerprint density at radius 1 is 1.41 bits per heavy atom. The monoisotopic (exact) mass is 313 g/mol. The predicted molar refractivity (Wildman–Crippen MR) is 71.0 cm³/mol. The highest BCUT2D eigenvalue weighted by molar-refractivity contribution is 9.10. The fraction of sp³-hybridized carbons (Fsp3) is 0.0833. The topological polar surface area (TPSA) is 43.1 Å². The summed E-state index contributed by atoms with van der Waals surface area (Å²) in [6.07, 6.45) is 0. The summed E-state index contributed by atoms with van der Waals surface area (Å²) in [5.41, 5.74) is 5.72. The number of ketones is 1. The van der Waals surface area contributed by atoms with Crippen molar-refractivity contribution in [2.45, 2.75) is 6.92 Å². The Kier molecular flexibility index (Phi) is 3.31. The standard InChI is InChI=1S/C12H9BrFNOS/c1-6-4-8(13)12(17-6)11(16)7-2-3-10(15)9(14)5-7/h2-5H,15H2,1H3. The number of anilines is 1. The van der Waals surface area contributed by atoms with Gasteiger partial charge in [0.1, 0.15) is 5.82 Å². The van der Waals surface area contributed by atoms with Crippen LogP contribution in [0.3, 0.4) is 0 Å². The van der Waals surface area contributed by atoms with Gasteiger partial charge in [0.2, 0.25) is 5.78 Å². The molecule has 0 spiro atoms. The highest BCUT2D eigenvalue weighted by Crippen LogP contribution is 2.29. The van der Waals surface area contributed by atoms with Crippen LogP contribution in [0.1, 0.15) is 20.1 Å². The number of carbonyl (C=O) groups is 1. The molecule has 0 unspecified atom stereocenters. The van der Waals surface area contributed by atoms with Gasteiger partial charge in [-0.25, -0.2) is 4.39 Å². The molecule has 1 heterocycles. The van der Waals surface area contributed by atoms with Gasteiger partial charge in [-0.15, -0.1) is 11.3 Å². The number of rotatable bonds is 2. The Labute approximate surface area is 110 Å². The van der Waals surface area contributed by atoms with E-state index in [-0.39, 0.29) is 11.5 Å². The molecule has 0 aliphatic heterocycles. The maximum Gasteiger partial charge on any atom is 0.204 e. The van der Waals surface area contributed by atoms with Crippen LogP contribution in [0, 0.1) is 12.7 Å². The summed E-state index contributed by atoms with van der Waals surface area (Å²) < 4.78 is 14.0. The Balaban J connectivity index is 2.44. The predicted octanol–water partition coefficient (Wildman–Crippen LogP) is 3.77. The van der Waals surface area contributed by atoms with E-state index >= 15 is 0 Å². The number of halogens is 2. The Morgan fingerprint density at radius 2 is 2.12 bits per heavy atom. The zero-order valence-corrected chi connectivity index (χ0v) is 11.4. The molecule has 0 aliphatic carbocycles. The van der Waals surface area contributed by atoms with Crippen molar-refractivity contribution in [2.75, 3.05) is 5.73 Å². The van der Waals surface area contributed by atoms with Crippen LogP contribution < -0.4 is 5.73 Å². The second-order valence-electron chi connectivity index (χ2n) is 3.60. The molecular weight excluding hydrogens is 305 g/mol. The number of carbonyl (C=O) groups excluding carboxylic acids is 1. The van der Waals surface area contributed by atoms with Crippen molar-refractivity contribution >= 4 is 38.7 Å². The first-order chi connectivity index (χ1) is 7.99. The Morgan fingerprint density at radius 3 is 2.65 bits per heavy atom. The van der Waals surface area contributed by atoms with Crippen LogP contribution in [0.4, 0.5) is 10.1 Å². The van der Waals surface area contributed by atoms with E-state index in [2.05, 4.69) is 15.9 Å². The molecule has 0 fully saturated rings. The third-order valence-corrected chi connectivity index (χ3v) is 4.22. The second-order valence-corrected chi connectivity index (χ2v) is 5.71. The summed E-state index contributed by atoms with van der Waals surface area (Å²) in [5.74, 6) is -0.769. The zero-order valence-electron chi connectivity index (χ0n) is 8.96. The normalized spacial score (nSPS) is 10.5. The molecule has 0 amide bonds. The van der Waals surface area contributed by atoms with Gasteiger partial charge in [-0.3, -0.25) is 4.79 Å². The molecule has 2 nitrogen and oxygen atoms in total. The lowest BCUT2D eigenvalue weighted by atomic mass is 10.1. The smallest absolute Gasteiger partial charge is 0.204 e. The molecule has 0 aliphatic rings. The zero-order chi connectivity index (χ0) is 12.6. The van der Waals surface area contributed by atoms with Crippen molar-refractivity contribution in [3.05, 3.63) is 49.9 Å². The number of hydrogen-bond acceptors (Lipinski definition) is 3. The molecule has 0 saturated heterocycles. The van der Waals surface area contributed by atoms with Crippen molar-refractivity contribution in [1.29, 1.82) is 0 Å². The van der Waals surface area contributed by atoms with Gasteiger partial charge < -0.3 is 5.73 Å². The molecule has 1 aromatic heterocycles. The average molecular weight is 314 g/mol. The van der Waals surface area contributed by atoms with E-state index in [0.717, 1.165) is 9.35 Å². The molecule has 5 heteroatoms. The second kappa shape index (κ2) is 4.58. The van der Waals surface area contributed by atoms with Gasteiger partial charge in [-0.1, -0.05) is 0 Å². The fourth-order valence-corrected chi connectivity index (χ4v) is 3.22. The lowest BCUT2D eigenvalue weighted by molar-refractivity contribution is 0.104. The summed E-state index contributed by atoms with van der Waals surface area (Å²) in [5, 5.41) is 0. The number of hydrogen-bond donors (Lipinski definition) is 1. The van der Waals surface area contributed by atoms with Gasteiger partial charge in [0.15, 0.2) is 0 Å². The lowest BCUT2D eigenvalue weighted by Crippen LogP contribution is -2.01. The largest absolute Gasteiger partial charge is 0.396 e. The summed E-state index contributed by atoms with van der Waals surface area (Å²) in [7, 11) is 0. The van der Waals surface area contributed by atoms with E-state index in [1.807, 2.05) is 13.0 Å². The van der Waals surface area contributed by atoms with Gasteiger partial charge in [0.25, 0.3) is 0 Å². The van der Waals surface area contributed by atoms with E-state index in [0.29, 0.717) is 10.4 Å². The first kappa shape index (κ1) is 12.3. The molecule has 0 bridgehead atoms. The molecule has 0 atom stereocenters. The molecule has 2 aromatic rings. The third-order valence-electron chi connectivity index (χ3n) is 2.28. The molecule has 0 saturated carbocycles. The summed E-state index contributed by atoms with van der Waals surface area (Å²) in [6, 6.07) is 5.96. The van der Waals surface area contributed by atoms with Crippen LogP contribution in [-0.4, -0.2) is 5.78 Å². The maximum absolute atomic E-state index is 13.3. The van der Waals surface area contributed by atoms with Crippen LogP contribution in [-0.2, 0) is 0 Å². The van der Waals surface area contributed by atoms with Crippen LogP contribution in [0.2, 0.25) is 0 Å². The first-order valence-electron chi connectivity index (χ1n) is 4.84. The van der Waals surface area contributed by atoms with E-state index < -0.39 is 5.82 Å². The van der Waals surface area contributed by atoms with Crippen molar-refractivity contribution in [2.24, 2.45) is 0 Å². The van der Waals surface area contributed by atoms with Crippen LogP contribution in [0.5, 0.6) is 0 Å². The van der Waals surface area contributed by atoms with Gasteiger partial charge in [-0.2, -0.15) is 0 Å². The van der Waals surface area contributed by atoms with Crippen LogP contribution in [0.25, 0.3) is 0 Å². The average Bonchev–Trinajstić information content (AvgIpc) is 2.61. The molecule has 0 radical (unpaired) electrons. The molecular formula is C12H9BrFNOS. The van der Waals surface area contributed by atoms with Crippen molar-refractivity contribution in [1.82, 2.24) is 0 Å². The SMILES string of the molecule is Cc1cc(Br)c(C(=O)c2ccc(N)c(F)c2)s1. The van der Waals surface area contributed by atoms with Crippen molar-refractivity contribution in [3.8, 4) is 0 Å². The number of aryl methyl sites for hydroxylation is 1. The molecule has 1 aromatic carbocycles. The van der Waals surface area contributed by atoms with E-state index in [4.69, 9.17) is 5.73 Å². The van der Waals surface area contributed by atoms with Gasteiger partial charge in [0.05, 0.1) is 10.6 Å². The highest BCUT2D eigenvalue weighted by atomic mass is 79.9. The maximum atomic E-state index is 13.3. The number of thiophene rings is 1. The van der Waals surface area contributed by atoms with Gasteiger partial charge >= 0.3 is 0 Å². The first-order valence-corrected chi connectivity index (χ1v) is 6.45. The molecule has 2 rings (SSSR count). The van der Waals surface area contributed by atoms with Crippen molar-refractivity contribution < 1.29 is 9.18 Å². The summed E-state index contributed by atoms with van der Waals surface area (Å²) in [6.45, 7) is 1.91. The highest BCUT2D eigenvalue weighted by Gasteiger charge is 2.16. The Hall–Kier alpha value is -1.20.